The SMILES string of the molecule is CC1CCC(CN)(C(=O)Nc2cccc(C(N)=O)c2)CC1. The number of carbonyl (C=O) groups is 2. The minimum Gasteiger partial charge on any atom is -0.366 e. The van der Waals surface area contributed by atoms with Crippen LogP contribution >= 0.6 is 0 Å². The third-order valence-electron chi connectivity index (χ3n) is 4.51. The summed E-state index contributed by atoms with van der Waals surface area (Å²) in [7, 11) is 0. The Labute approximate surface area is 125 Å². The van der Waals surface area contributed by atoms with Crippen LogP contribution in [0.1, 0.15) is 43.0 Å². The van der Waals surface area contributed by atoms with Gasteiger partial charge in [0, 0.05) is 17.8 Å². The Balaban J connectivity index is 2.13. The molecule has 0 unspecified atom stereocenters. The lowest BCUT2D eigenvalue weighted by Crippen LogP contribution is -2.44. The fourth-order valence-electron chi connectivity index (χ4n) is 2.85. The Morgan fingerprint density at radius 3 is 2.57 bits per heavy atom. The standard InChI is InChI=1S/C16H23N3O2/c1-11-5-7-16(10-17,8-6-11)15(21)19-13-4-2-3-12(9-13)14(18)20/h2-4,9,11H,5-8,10,17H2,1H3,(H2,18,20)(H,19,21). The predicted molar refractivity (Wildman–Crippen MR) is 82.7 cm³/mol. The number of hydrogen-bond donors (Lipinski definition) is 3. The molecule has 0 spiro atoms. The van der Waals surface area contributed by atoms with Gasteiger partial charge in [0.15, 0.2) is 0 Å². The number of carbonyl (C=O) groups excluding carboxylic acids is 2. The first-order valence-corrected chi connectivity index (χ1v) is 7.38. The van der Waals surface area contributed by atoms with Crippen molar-refractivity contribution in [2.45, 2.75) is 32.6 Å². The van der Waals surface area contributed by atoms with Crippen LogP contribution in [-0.4, -0.2) is 18.4 Å². The summed E-state index contributed by atoms with van der Waals surface area (Å²) < 4.78 is 0. The zero-order valence-corrected chi connectivity index (χ0v) is 12.4. The van der Waals surface area contributed by atoms with Gasteiger partial charge in [-0.05, 0) is 49.8 Å². The summed E-state index contributed by atoms with van der Waals surface area (Å²) in [5, 5.41) is 2.89. The maximum absolute atomic E-state index is 12.6. The molecule has 1 aromatic carbocycles. The lowest BCUT2D eigenvalue weighted by molar-refractivity contribution is -0.127. The van der Waals surface area contributed by atoms with Crippen molar-refractivity contribution < 1.29 is 9.59 Å². The number of benzene rings is 1. The molecule has 1 saturated carbocycles. The first-order chi connectivity index (χ1) is 9.97. The van der Waals surface area contributed by atoms with Crippen LogP contribution in [0.5, 0.6) is 0 Å². The zero-order valence-electron chi connectivity index (χ0n) is 12.4. The van der Waals surface area contributed by atoms with Crippen molar-refractivity contribution in [2.24, 2.45) is 22.8 Å². The fraction of sp³-hybridized carbons (Fsp3) is 0.500. The van der Waals surface area contributed by atoms with Gasteiger partial charge in [0.1, 0.15) is 0 Å². The number of rotatable bonds is 4. The Hall–Kier alpha value is -1.88. The normalized spacial score (nSPS) is 25.3. The van der Waals surface area contributed by atoms with Gasteiger partial charge in [0.2, 0.25) is 11.8 Å². The maximum Gasteiger partial charge on any atom is 0.248 e. The molecule has 0 heterocycles. The van der Waals surface area contributed by atoms with Gasteiger partial charge >= 0.3 is 0 Å². The summed E-state index contributed by atoms with van der Waals surface area (Å²) in [5.41, 5.74) is 11.6. The van der Waals surface area contributed by atoms with E-state index in [9.17, 15) is 9.59 Å². The number of anilines is 1. The van der Waals surface area contributed by atoms with Crippen LogP contribution in [0.25, 0.3) is 0 Å². The second-order valence-electron chi connectivity index (χ2n) is 6.07. The van der Waals surface area contributed by atoms with Gasteiger partial charge in [-0.2, -0.15) is 0 Å². The molecule has 1 fully saturated rings. The Bertz CT molecular complexity index is 534. The molecule has 5 heteroatoms. The second kappa shape index (κ2) is 6.26. The van der Waals surface area contributed by atoms with Gasteiger partial charge in [-0.15, -0.1) is 0 Å². The van der Waals surface area contributed by atoms with E-state index in [1.807, 2.05) is 0 Å². The lowest BCUT2D eigenvalue weighted by Gasteiger charge is -2.37. The van der Waals surface area contributed by atoms with Crippen LogP contribution in [0.4, 0.5) is 5.69 Å². The molecular formula is C16H23N3O2. The van der Waals surface area contributed by atoms with Crippen molar-refractivity contribution in [2.75, 3.05) is 11.9 Å². The zero-order chi connectivity index (χ0) is 15.5. The van der Waals surface area contributed by atoms with Crippen molar-refractivity contribution in [1.29, 1.82) is 0 Å². The molecule has 2 amide bonds. The number of nitrogens with one attached hydrogen (secondary N) is 1. The van der Waals surface area contributed by atoms with E-state index in [1.165, 1.54) is 0 Å². The van der Waals surface area contributed by atoms with E-state index in [1.54, 1.807) is 24.3 Å². The molecule has 2 rings (SSSR count). The molecule has 1 aliphatic carbocycles. The summed E-state index contributed by atoms with van der Waals surface area (Å²) in [6.07, 6.45) is 3.66. The second-order valence-corrected chi connectivity index (χ2v) is 6.07. The highest BCUT2D eigenvalue weighted by molar-refractivity contribution is 5.98. The van der Waals surface area contributed by atoms with E-state index >= 15 is 0 Å². The number of nitrogens with two attached hydrogens (primary N) is 2. The number of primary amides is 1. The molecule has 21 heavy (non-hydrogen) atoms. The third kappa shape index (κ3) is 3.42. The van der Waals surface area contributed by atoms with Crippen LogP contribution < -0.4 is 16.8 Å². The number of hydrogen-bond acceptors (Lipinski definition) is 3. The average molecular weight is 289 g/mol. The molecular weight excluding hydrogens is 266 g/mol. The highest BCUT2D eigenvalue weighted by Gasteiger charge is 2.39. The molecule has 5 N–H and O–H groups in total. The van der Waals surface area contributed by atoms with Crippen molar-refractivity contribution in [1.82, 2.24) is 0 Å². The van der Waals surface area contributed by atoms with Crippen LogP contribution in [0.3, 0.4) is 0 Å². The van der Waals surface area contributed by atoms with Gasteiger partial charge < -0.3 is 16.8 Å². The van der Waals surface area contributed by atoms with Crippen molar-refractivity contribution in [3.63, 3.8) is 0 Å². The predicted octanol–water partition coefficient (Wildman–Crippen LogP) is 1.88. The third-order valence-corrected chi connectivity index (χ3v) is 4.51. The van der Waals surface area contributed by atoms with Gasteiger partial charge in [-0.1, -0.05) is 13.0 Å². The highest BCUT2D eigenvalue weighted by Crippen LogP contribution is 2.39. The van der Waals surface area contributed by atoms with E-state index in [0.717, 1.165) is 25.7 Å². The Kier molecular flexibility index (Phi) is 4.63. The summed E-state index contributed by atoms with van der Waals surface area (Å²) in [4.78, 5) is 23.8. The molecule has 1 aliphatic rings. The van der Waals surface area contributed by atoms with E-state index in [0.29, 0.717) is 23.7 Å². The van der Waals surface area contributed by atoms with E-state index < -0.39 is 11.3 Å². The summed E-state index contributed by atoms with van der Waals surface area (Å²) >= 11 is 0. The van der Waals surface area contributed by atoms with E-state index in [-0.39, 0.29) is 5.91 Å². The molecule has 0 saturated heterocycles. The number of amides is 2. The molecule has 0 bridgehead atoms. The van der Waals surface area contributed by atoms with Crippen molar-refractivity contribution in [3.8, 4) is 0 Å². The molecule has 0 radical (unpaired) electrons. The largest absolute Gasteiger partial charge is 0.366 e. The van der Waals surface area contributed by atoms with Crippen molar-refractivity contribution >= 4 is 17.5 Å². The topological polar surface area (TPSA) is 98.2 Å². The molecule has 0 aromatic heterocycles. The van der Waals surface area contributed by atoms with Crippen LogP contribution in [0.2, 0.25) is 0 Å². The first-order valence-electron chi connectivity index (χ1n) is 7.38. The summed E-state index contributed by atoms with van der Waals surface area (Å²) in [6, 6.07) is 6.67. The monoisotopic (exact) mass is 289 g/mol. The quantitative estimate of drug-likeness (QED) is 0.789. The van der Waals surface area contributed by atoms with Crippen molar-refractivity contribution in [3.05, 3.63) is 29.8 Å². The smallest absolute Gasteiger partial charge is 0.248 e. The maximum atomic E-state index is 12.6. The lowest BCUT2D eigenvalue weighted by atomic mass is 9.70. The first kappa shape index (κ1) is 15.5. The summed E-state index contributed by atoms with van der Waals surface area (Å²) in [6.45, 7) is 2.55. The highest BCUT2D eigenvalue weighted by atomic mass is 16.2. The van der Waals surface area contributed by atoms with Gasteiger partial charge in [0.25, 0.3) is 0 Å². The molecule has 5 nitrogen and oxygen atoms in total. The fourth-order valence-corrected chi connectivity index (χ4v) is 2.85. The van der Waals surface area contributed by atoms with E-state index in [4.69, 9.17) is 11.5 Å². The van der Waals surface area contributed by atoms with Crippen LogP contribution in [0, 0.1) is 11.3 Å². The molecule has 1 aromatic rings. The van der Waals surface area contributed by atoms with Crippen LogP contribution in [-0.2, 0) is 4.79 Å². The molecule has 114 valence electrons. The minimum atomic E-state index is -0.508. The molecule has 0 aliphatic heterocycles. The van der Waals surface area contributed by atoms with Gasteiger partial charge in [-0.3, -0.25) is 9.59 Å². The average Bonchev–Trinajstić information content (AvgIpc) is 2.48. The Morgan fingerprint density at radius 2 is 2.00 bits per heavy atom. The molecule has 0 atom stereocenters. The van der Waals surface area contributed by atoms with Crippen LogP contribution in [0.15, 0.2) is 24.3 Å². The van der Waals surface area contributed by atoms with E-state index in [2.05, 4.69) is 12.2 Å². The summed E-state index contributed by atoms with van der Waals surface area (Å²) in [5.74, 6) is 0.0836. The van der Waals surface area contributed by atoms with Gasteiger partial charge in [-0.25, -0.2) is 0 Å². The Morgan fingerprint density at radius 1 is 1.33 bits per heavy atom. The minimum absolute atomic E-state index is 0.0569. The van der Waals surface area contributed by atoms with Gasteiger partial charge in [0.05, 0.1) is 5.41 Å².